The number of halogens is 1. The molecule has 0 amide bonds. The minimum Gasteiger partial charge on any atom is -0.349 e. The molecule has 1 unspecified atom stereocenters. The monoisotopic (exact) mass is 463 g/mol. The molecule has 144 valence electrons. The highest BCUT2D eigenvalue weighted by molar-refractivity contribution is 14.0. The Kier molecular flexibility index (Phi) is 8.63. The standard InChI is InChI=1S/C18H33N5O.HI/c1-7-13(8-2)14-9-10-23(12-14)17(19-6)20-11-15-21-16(24-22-15)18(3,4)5;/h13-14H,7-12H2,1-6H3,(H,19,20);1H. The first-order valence-corrected chi connectivity index (χ1v) is 9.17. The zero-order valence-corrected chi connectivity index (χ0v) is 18.8. The van der Waals surface area contributed by atoms with E-state index in [1.54, 1.807) is 0 Å². The fraction of sp³-hybridized carbons (Fsp3) is 0.833. The van der Waals surface area contributed by atoms with Gasteiger partial charge in [0, 0.05) is 25.6 Å². The van der Waals surface area contributed by atoms with Gasteiger partial charge < -0.3 is 14.7 Å². The van der Waals surface area contributed by atoms with Gasteiger partial charge in [-0.3, -0.25) is 4.99 Å². The van der Waals surface area contributed by atoms with Crippen LogP contribution >= 0.6 is 24.0 Å². The first-order valence-electron chi connectivity index (χ1n) is 9.17. The van der Waals surface area contributed by atoms with E-state index in [1.165, 1.54) is 19.3 Å². The summed E-state index contributed by atoms with van der Waals surface area (Å²) >= 11 is 0. The van der Waals surface area contributed by atoms with E-state index in [9.17, 15) is 0 Å². The predicted molar refractivity (Wildman–Crippen MR) is 112 cm³/mol. The molecule has 1 aliphatic heterocycles. The Morgan fingerprint density at radius 1 is 1.36 bits per heavy atom. The van der Waals surface area contributed by atoms with E-state index < -0.39 is 0 Å². The number of aromatic nitrogens is 2. The Morgan fingerprint density at radius 3 is 2.56 bits per heavy atom. The van der Waals surface area contributed by atoms with Crippen molar-refractivity contribution < 1.29 is 4.52 Å². The number of nitrogens with one attached hydrogen (secondary N) is 1. The molecule has 2 heterocycles. The fourth-order valence-corrected chi connectivity index (χ4v) is 3.44. The van der Waals surface area contributed by atoms with Crippen LogP contribution in [-0.4, -0.2) is 41.1 Å². The number of aliphatic imine (C=N–C) groups is 1. The van der Waals surface area contributed by atoms with Gasteiger partial charge in [-0.15, -0.1) is 24.0 Å². The maximum atomic E-state index is 5.34. The van der Waals surface area contributed by atoms with E-state index in [-0.39, 0.29) is 29.4 Å². The van der Waals surface area contributed by atoms with Crippen LogP contribution in [0.4, 0.5) is 0 Å². The number of hydrogen-bond donors (Lipinski definition) is 1. The van der Waals surface area contributed by atoms with Crippen molar-refractivity contribution >= 4 is 29.9 Å². The van der Waals surface area contributed by atoms with Gasteiger partial charge in [0.25, 0.3) is 0 Å². The van der Waals surface area contributed by atoms with E-state index in [4.69, 9.17) is 4.52 Å². The first-order chi connectivity index (χ1) is 11.4. The molecule has 6 nitrogen and oxygen atoms in total. The summed E-state index contributed by atoms with van der Waals surface area (Å²) in [6, 6.07) is 0. The molecule has 1 N–H and O–H groups in total. The number of guanidine groups is 1. The van der Waals surface area contributed by atoms with E-state index in [0.29, 0.717) is 18.3 Å². The molecule has 1 fully saturated rings. The fourth-order valence-electron chi connectivity index (χ4n) is 3.44. The van der Waals surface area contributed by atoms with Crippen LogP contribution in [0.1, 0.15) is 65.6 Å². The molecule has 7 heteroatoms. The summed E-state index contributed by atoms with van der Waals surface area (Å²) in [5.41, 5.74) is -0.121. The molecule has 0 saturated carbocycles. The van der Waals surface area contributed by atoms with Crippen molar-refractivity contribution in [3.8, 4) is 0 Å². The van der Waals surface area contributed by atoms with E-state index in [1.807, 2.05) is 7.05 Å². The van der Waals surface area contributed by atoms with Crippen molar-refractivity contribution in [2.75, 3.05) is 20.1 Å². The maximum absolute atomic E-state index is 5.34. The van der Waals surface area contributed by atoms with Gasteiger partial charge in [0.2, 0.25) is 5.89 Å². The minimum atomic E-state index is -0.121. The highest BCUT2D eigenvalue weighted by Gasteiger charge is 2.29. The van der Waals surface area contributed by atoms with E-state index >= 15 is 0 Å². The third kappa shape index (κ3) is 5.82. The summed E-state index contributed by atoms with van der Waals surface area (Å²) in [6.07, 6.45) is 3.78. The number of hydrogen-bond acceptors (Lipinski definition) is 4. The van der Waals surface area contributed by atoms with Crippen LogP contribution in [0.25, 0.3) is 0 Å². The van der Waals surface area contributed by atoms with Crippen molar-refractivity contribution in [1.82, 2.24) is 20.4 Å². The Bertz CT molecular complexity index is 548. The van der Waals surface area contributed by atoms with Gasteiger partial charge in [-0.05, 0) is 18.3 Å². The summed E-state index contributed by atoms with van der Waals surface area (Å²) in [6.45, 7) is 13.5. The Balaban J connectivity index is 0.00000312. The van der Waals surface area contributed by atoms with Gasteiger partial charge in [0.1, 0.15) is 0 Å². The number of likely N-dealkylation sites (tertiary alicyclic amines) is 1. The topological polar surface area (TPSA) is 66.5 Å². The summed E-state index contributed by atoms with van der Waals surface area (Å²) in [7, 11) is 1.84. The molecule has 2 rings (SSSR count). The molecular formula is C18H34IN5O. The Labute approximate surface area is 169 Å². The Hall–Kier alpha value is -0.860. The van der Waals surface area contributed by atoms with Gasteiger partial charge in [-0.25, -0.2) is 0 Å². The smallest absolute Gasteiger partial charge is 0.232 e. The van der Waals surface area contributed by atoms with Gasteiger partial charge in [0.05, 0.1) is 6.54 Å². The summed E-state index contributed by atoms with van der Waals surface area (Å²) in [4.78, 5) is 11.3. The molecule has 1 atom stereocenters. The zero-order valence-electron chi connectivity index (χ0n) is 16.5. The second-order valence-electron chi connectivity index (χ2n) is 7.74. The van der Waals surface area contributed by atoms with Crippen LogP contribution in [0.2, 0.25) is 0 Å². The SMILES string of the molecule is CCC(CC)C1CCN(C(=NC)NCc2noc(C(C)(C)C)n2)C1.I. The lowest BCUT2D eigenvalue weighted by atomic mass is 9.87. The largest absolute Gasteiger partial charge is 0.349 e. The van der Waals surface area contributed by atoms with Gasteiger partial charge in [0.15, 0.2) is 11.8 Å². The quantitative estimate of drug-likeness (QED) is 0.409. The van der Waals surface area contributed by atoms with Crippen LogP contribution in [0.5, 0.6) is 0 Å². The van der Waals surface area contributed by atoms with Crippen LogP contribution < -0.4 is 5.32 Å². The average Bonchev–Trinajstić information content (AvgIpc) is 3.19. The molecule has 1 aliphatic rings. The van der Waals surface area contributed by atoms with Gasteiger partial charge in [-0.1, -0.05) is 52.6 Å². The summed E-state index contributed by atoms with van der Waals surface area (Å²) < 4.78 is 5.34. The molecule has 0 bridgehead atoms. The van der Waals surface area contributed by atoms with Crippen LogP contribution in [-0.2, 0) is 12.0 Å². The van der Waals surface area contributed by atoms with E-state index in [0.717, 1.165) is 30.9 Å². The molecule has 1 aromatic heterocycles. The molecule has 1 saturated heterocycles. The van der Waals surface area contributed by atoms with Crippen molar-refractivity contribution in [1.29, 1.82) is 0 Å². The molecule has 1 aromatic rings. The summed E-state index contributed by atoms with van der Waals surface area (Å²) in [5, 5.41) is 7.44. The first kappa shape index (κ1) is 22.2. The van der Waals surface area contributed by atoms with E-state index in [2.05, 4.69) is 60.0 Å². The molecule has 25 heavy (non-hydrogen) atoms. The lowest BCUT2D eigenvalue weighted by Gasteiger charge is -2.23. The highest BCUT2D eigenvalue weighted by atomic mass is 127. The normalized spacial score (nSPS) is 18.6. The van der Waals surface area contributed by atoms with Gasteiger partial charge >= 0.3 is 0 Å². The van der Waals surface area contributed by atoms with Crippen molar-refractivity contribution in [3.63, 3.8) is 0 Å². The van der Waals surface area contributed by atoms with Crippen LogP contribution in [0.15, 0.2) is 9.52 Å². The second kappa shape index (κ2) is 9.73. The lowest BCUT2D eigenvalue weighted by molar-refractivity contribution is 0.316. The molecular weight excluding hydrogens is 429 g/mol. The second-order valence-corrected chi connectivity index (χ2v) is 7.74. The third-order valence-corrected chi connectivity index (χ3v) is 4.97. The number of rotatable bonds is 5. The summed E-state index contributed by atoms with van der Waals surface area (Å²) in [5.74, 6) is 3.88. The van der Waals surface area contributed by atoms with Crippen molar-refractivity contribution in [2.24, 2.45) is 16.8 Å². The predicted octanol–water partition coefficient (Wildman–Crippen LogP) is 3.82. The molecule has 0 radical (unpaired) electrons. The minimum absolute atomic E-state index is 0. The van der Waals surface area contributed by atoms with Crippen LogP contribution in [0, 0.1) is 11.8 Å². The third-order valence-electron chi connectivity index (χ3n) is 4.97. The molecule has 0 spiro atoms. The molecule has 0 aromatic carbocycles. The van der Waals surface area contributed by atoms with Gasteiger partial charge in [-0.2, -0.15) is 4.98 Å². The van der Waals surface area contributed by atoms with Crippen molar-refractivity contribution in [3.05, 3.63) is 11.7 Å². The number of nitrogens with zero attached hydrogens (tertiary/aromatic N) is 4. The lowest BCUT2D eigenvalue weighted by Crippen LogP contribution is -2.40. The molecule has 0 aliphatic carbocycles. The maximum Gasteiger partial charge on any atom is 0.232 e. The van der Waals surface area contributed by atoms with Crippen molar-refractivity contribution in [2.45, 2.75) is 65.8 Å². The average molecular weight is 463 g/mol. The highest BCUT2D eigenvalue weighted by Crippen LogP contribution is 2.28. The zero-order chi connectivity index (χ0) is 17.7. The Morgan fingerprint density at radius 2 is 2.04 bits per heavy atom. The van der Waals surface area contributed by atoms with Crippen LogP contribution in [0.3, 0.4) is 0 Å².